The Morgan fingerprint density at radius 1 is 1.03 bits per heavy atom. The average Bonchev–Trinajstić information content (AvgIpc) is 3.24. The van der Waals surface area contributed by atoms with E-state index < -0.39 is 0 Å². The van der Waals surface area contributed by atoms with Crippen LogP contribution in [0.1, 0.15) is 48.5 Å². The molecule has 5 heteroatoms. The standard InChI is InChI=1S/C25H31N3O2/c1-19-13-18-28(26-19)23-9-7-22(8-10-23)25(29)27-16-14-21(15-17-27)4-3-20-5-11-24(30-2)12-6-20/h5-12,21H,3-4,13-18H2,1-2H3. The minimum atomic E-state index is 0.149. The molecule has 0 aromatic heterocycles. The van der Waals surface area contributed by atoms with Crippen LogP contribution >= 0.6 is 0 Å². The summed E-state index contributed by atoms with van der Waals surface area (Å²) in [5.74, 6) is 1.74. The van der Waals surface area contributed by atoms with Crippen LogP contribution in [0.2, 0.25) is 0 Å². The molecule has 2 heterocycles. The Balaban J connectivity index is 1.25. The van der Waals surface area contributed by atoms with E-state index in [4.69, 9.17) is 4.74 Å². The van der Waals surface area contributed by atoms with Crippen LogP contribution < -0.4 is 9.75 Å². The summed E-state index contributed by atoms with van der Waals surface area (Å²) in [7, 11) is 1.70. The molecule has 0 atom stereocenters. The number of rotatable bonds is 6. The summed E-state index contributed by atoms with van der Waals surface area (Å²) in [6, 6.07) is 16.3. The van der Waals surface area contributed by atoms with Gasteiger partial charge in [0.1, 0.15) is 5.75 Å². The van der Waals surface area contributed by atoms with Crippen molar-refractivity contribution in [1.82, 2.24) is 4.90 Å². The van der Waals surface area contributed by atoms with E-state index >= 15 is 0 Å². The number of hydrogen-bond acceptors (Lipinski definition) is 4. The fourth-order valence-electron chi connectivity index (χ4n) is 4.31. The Morgan fingerprint density at radius 3 is 2.33 bits per heavy atom. The van der Waals surface area contributed by atoms with E-state index in [1.165, 1.54) is 12.0 Å². The Bertz CT molecular complexity index is 882. The molecule has 5 nitrogen and oxygen atoms in total. The molecule has 1 saturated heterocycles. The maximum atomic E-state index is 12.9. The third kappa shape index (κ3) is 4.84. The van der Waals surface area contributed by atoms with E-state index in [0.29, 0.717) is 5.92 Å². The van der Waals surface area contributed by atoms with Crippen molar-refractivity contribution in [2.24, 2.45) is 11.0 Å². The van der Waals surface area contributed by atoms with Crippen molar-refractivity contribution in [3.8, 4) is 5.75 Å². The summed E-state index contributed by atoms with van der Waals surface area (Å²) in [4.78, 5) is 14.9. The first-order valence-electron chi connectivity index (χ1n) is 11.0. The Labute approximate surface area is 179 Å². The monoisotopic (exact) mass is 405 g/mol. The molecule has 4 rings (SSSR count). The number of aryl methyl sites for hydroxylation is 1. The van der Waals surface area contributed by atoms with Crippen molar-refractivity contribution in [2.45, 2.75) is 39.0 Å². The minimum absolute atomic E-state index is 0.149. The highest BCUT2D eigenvalue weighted by atomic mass is 16.5. The highest BCUT2D eigenvalue weighted by molar-refractivity contribution is 5.94. The zero-order chi connectivity index (χ0) is 20.9. The van der Waals surface area contributed by atoms with Crippen LogP contribution in [-0.4, -0.2) is 43.3 Å². The lowest BCUT2D eigenvalue weighted by Crippen LogP contribution is -2.38. The number of likely N-dealkylation sites (tertiary alicyclic amines) is 1. The van der Waals surface area contributed by atoms with Gasteiger partial charge in [0, 0.05) is 37.3 Å². The second-order valence-corrected chi connectivity index (χ2v) is 8.38. The van der Waals surface area contributed by atoms with Gasteiger partial charge in [-0.2, -0.15) is 5.10 Å². The van der Waals surface area contributed by atoms with Crippen molar-refractivity contribution < 1.29 is 9.53 Å². The van der Waals surface area contributed by atoms with Crippen molar-refractivity contribution in [1.29, 1.82) is 0 Å². The second-order valence-electron chi connectivity index (χ2n) is 8.38. The quantitative estimate of drug-likeness (QED) is 0.696. The number of amides is 1. The van der Waals surface area contributed by atoms with Gasteiger partial charge in [0.15, 0.2) is 0 Å². The van der Waals surface area contributed by atoms with Gasteiger partial charge in [-0.15, -0.1) is 0 Å². The normalized spacial score (nSPS) is 17.2. The van der Waals surface area contributed by atoms with Crippen molar-refractivity contribution >= 4 is 17.3 Å². The van der Waals surface area contributed by atoms with Crippen LogP contribution in [-0.2, 0) is 6.42 Å². The lowest BCUT2D eigenvalue weighted by molar-refractivity contribution is 0.0687. The van der Waals surface area contributed by atoms with E-state index in [0.717, 1.165) is 68.0 Å². The van der Waals surface area contributed by atoms with Gasteiger partial charge >= 0.3 is 0 Å². The molecule has 30 heavy (non-hydrogen) atoms. The Morgan fingerprint density at radius 2 is 1.73 bits per heavy atom. The topological polar surface area (TPSA) is 45.1 Å². The third-order valence-corrected chi connectivity index (χ3v) is 6.29. The SMILES string of the molecule is COc1ccc(CCC2CCN(C(=O)c3ccc(N4CCC(C)=N4)cc3)CC2)cc1. The summed E-state index contributed by atoms with van der Waals surface area (Å²) >= 11 is 0. The fourth-order valence-corrected chi connectivity index (χ4v) is 4.31. The van der Waals surface area contributed by atoms with E-state index in [9.17, 15) is 4.79 Å². The molecular formula is C25H31N3O2. The summed E-state index contributed by atoms with van der Waals surface area (Å²) in [6.07, 6.45) is 5.44. The number of ether oxygens (including phenoxy) is 1. The molecule has 0 radical (unpaired) electrons. The highest BCUT2D eigenvalue weighted by Gasteiger charge is 2.24. The van der Waals surface area contributed by atoms with E-state index in [1.54, 1.807) is 7.11 Å². The first-order valence-corrected chi connectivity index (χ1v) is 11.0. The number of piperidine rings is 1. The van der Waals surface area contributed by atoms with Crippen LogP contribution in [0.3, 0.4) is 0 Å². The van der Waals surface area contributed by atoms with Gasteiger partial charge in [0.25, 0.3) is 5.91 Å². The maximum Gasteiger partial charge on any atom is 0.253 e. The molecule has 0 spiro atoms. The zero-order valence-corrected chi connectivity index (χ0v) is 18.0. The summed E-state index contributed by atoms with van der Waals surface area (Å²) in [5, 5.41) is 6.54. The first-order chi connectivity index (χ1) is 14.6. The van der Waals surface area contributed by atoms with Crippen LogP contribution in [0, 0.1) is 5.92 Å². The summed E-state index contributed by atoms with van der Waals surface area (Å²) in [5.41, 5.74) is 4.34. The van der Waals surface area contributed by atoms with Crippen molar-refractivity contribution in [3.05, 3.63) is 59.7 Å². The molecule has 2 aromatic carbocycles. The average molecular weight is 406 g/mol. The summed E-state index contributed by atoms with van der Waals surface area (Å²) in [6.45, 7) is 4.68. The largest absolute Gasteiger partial charge is 0.497 e. The van der Waals surface area contributed by atoms with Crippen molar-refractivity contribution in [3.63, 3.8) is 0 Å². The van der Waals surface area contributed by atoms with Gasteiger partial charge < -0.3 is 9.64 Å². The predicted octanol–water partition coefficient (Wildman–Crippen LogP) is 4.77. The number of hydrogen-bond donors (Lipinski definition) is 0. The van der Waals surface area contributed by atoms with Gasteiger partial charge in [-0.25, -0.2) is 0 Å². The van der Waals surface area contributed by atoms with E-state index in [1.807, 2.05) is 46.3 Å². The summed E-state index contributed by atoms with van der Waals surface area (Å²) < 4.78 is 5.23. The van der Waals surface area contributed by atoms with Gasteiger partial charge in [0.2, 0.25) is 0 Å². The van der Waals surface area contributed by atoms with Gasteiger partial charge in [-0.1, -0.05) is 12.1 Å². The molecule has 1 amide bonds. The lowest BCUT2D eigenvalue weighted by Gasteiger charge is -2.32. The molecular weight excluding hydrogens is 374 g/mol. The molecule has 0 saturated carbocycles. The number of benzene rings is 2. The number of hydrazone groups is 1. The number of carbonyl (C=O) groups excluding carboxylic acids is 1. The van der Waals surface area contributed by atoms with Gasteiger partial charge in [-0.3, -0.25) is 9.80 Å². The smallest absolute Gasteiger partial charge is 0.253 e. The maximum absolute atomic E-state index is 12.9. The Hall–Kier alpha value is -2.82. The van der Waals surface area contributed by atoms with Gasteiger partial charge in [-0.05, 0) is 80.5 Å². The number of nitrogens with zero attached hydrogens (tertiary/aromatic N) is 3. The van der Waals surface area contributed by atoms with Crippen LogP contribution in [0.4, 0.5) is 5.69 Å². The van der Waals surface area contributed by atoms with E-state index in [2.05, 4.69) is 24.2 Å². The molecule has 1 fully saturated rings. The Kier molecular flexibility index (Phi) is 6.36. The van der Waals surface area contributed by atoms with Gasteiger partial charge in [0.05, 0.1) is 12.8 Å². The zero-order valence-electron chi connectivity index (χ0n) is 18.0. The van der Waals surface area contributed by atoms with E-state index in [-0.39, 0.29) is 5.91 Å². The van der Waals surface area contributed by atoms with Crippen LogP contribution in [0.15, 0.2) is 53.6 Å². The molecule has 0 bridgehead atoms. The molecule has 2 aromatic rings. The van der Waals surface area contributed by atoms with Crippen LogP contribution in [0.5, 0.6) is 5.75 Å². The predicted molar refractivity (Wildman–Crippen MR) is 121 cm³/mol. The number of methoxy groups -OCH3 is 1. The second kappa shape index (κ2) is 9.33. The molecule has 2 aliphatic rings. The minimum Gasteiger partial charge on any atom is -0.497 e. The molecule has 2 aliphatic heterocycles. The molecule has 0 unspecified atom stereocenters. The third-order valence-electron chi connectivity index (χ3n) is 6.29. The first kappa shape index (κ1) is 20.5. The molecule has 0 N–H and O–H groups in total. The molecule has 158 valence electrons. The molecule has 0 aliphatic carbocycles. The number of anilines is 1. The lowest BCUT2D eigenvalue weighted by atomic mass is 9.90. The van der Waals surface area contributed by atoms with Crippen molar-refractivity contribution in [2.75, 3.05) is 31.8 Å². The highest BCUT2D eigenvalue weighted by Crippen LogP contribution is 2.25. The number of carbonyl (C=O) groups is 1. The fraction of sp³-hybridized carbons (Fsp3) is 0.440. The van der Waals surface area contributed by atoms with Crippen LogP contribution in [0.25, 0.3) is 0 Å².